The van der Waals surface area contributed by atoms with E-state index in [1.807, 2.05) is 35.9 Å². The van der Waals surface area contributed by atoms with Crippen molar-refractivity contribution in [3.63, 3.8) is 0 Å². The number of hydrogen-bond acceptors (Lipinski definition) is 6. The molecule has 1 N–H and O–H groups in total. The molecule has 1 amide bonds. The second kappa shape index (κ2) is 10.3. The van der Waals surface area contributed by atoms with E-state index in [4.69, 9.17) is 4.74 Å². The zero-order chi connectivity index (χ0) is 22.4. The number of rotatable bonds is 9. The number of nitrogens with zero attached hydrogens (tertiary/aromatic N) is 3. The van der Waals surface area contributed by atoms with Gasteiger partial charge < -0.3 is 14.6 Å². The number of hydrogen-bond donors (Lipinski definition) is 1. The first-order valence-corrected chi connectivity index (χ1v) is 11.0. The van der Waals surface area contributed by atoms with Crippen molar-refractivity contribution in [2.24, 2.45) is 13.0 Å². The van der Waals surface area contributed by atoms with Crippen LogP contribution in [-0.4, -0.2) is 38.8 Å². The molecule has 3 rings (SSSR count). The standard InChI is InChI=1S/C23H26N4O3S/c1-15(2)13-30-20-11-7-18(8-12-20)22-25-26-23(27(22)4)31-14-21(29)24-19-9-5-17(6-10-19)16(3)28/h5-12,15H,13-14H2,1-4H3,(H,24,29). The summed E-state index contributed by atoms with van der Waals surface area (Å²) in [6.07, 6.45) is 0. The molecule has 0 aliphatic rings. The maximum atomic E-state index is 12.3. The minimum absolute atomic E-state index is 0.00996. The number of carbonyl (C=O) groups excluding carboxylic acids is 2. The fourth-order valence-corrected chi connectivity index (χ4v) is 3.48. The second-order valence-corrected chi connectivity index (χ2v) is 8.51. The number of carbonyl (C=O) groups is 2. The summed E-state index contributed by atoms with van der Waals surface area (Å²) < 4.78 is 7.58. The van der Waals surface area contributed by atoms with Crippen LogP contribution in [0.3, 0.4) is 0 Å². The predicted molar refractivity (Wildman–Crippen MR) is 123 cm³/mol. The summed E-state index contributed by atoms with van der Waals surface area (Å²) in [6.45, 7) is 6.40. The zero-order valence-electron chi connectivity index (χ0n) is 18.1. The van der Waals surface area contributed by atoms with Gasteiger partial charge in [-0.05, 0) is 61.4 Å². The van der Waals surface area contributed by atoms with Crippen LogP contribution >= 0.6 is 11.8 Å². The Morgan fingerprint density at radius 3 is 2.35 bits per heavy atom. The Bertz CT molecular complexity index is 1040. The van der Waals surface area contributed by atoms with Gasteiger partial charge in [-0.2, -0.15) is 0 Å². The number of anilines is 1. The lowest BCUT2D eigenvalue weighted by Crippen LogP contribution is -2.14. The van der Waals surface area contributed by atoms with Gasteiger partial charge in [-0.15, -0.1) is 10.2 Å². The molecule has 0 bridgehead atoms. The molecule has 3 aromatic rings. The monoisotopic (exact) mass is 438 g/mol. The fraction of sp³-hybridized carbons (Fsp3) is 0.304. The molecule has 0 spiro atoms. The summed E-state index contributed by atoms with van der Waals surface area (Å²) in [6, 6.07) is 14.6. The molecule has 0 radical (unpaired) electrons. The van der Waals surface area contributed by atoms with E-state index in [9.17, 15) is 9.59 Å². The van der Waals surface area contributed by atoms with Crippen LogP contribution in [0, 0.1) is 5.92 Å². The van der Waals surface area contributed by atoms with E-state index in [2.05, 4.69) is 29.4 Å². The van der Waals surface area contributed by atoms with Crippen LogP contribution in [0.4, 0.5) is 5.69 Å². The molecular weight excluding hydrogens is 412 g/mol. The molecule has 7 nitrogen and oxygen atoms in total. The first-order valence-electron chi connectivity index (χ1n) is 9.99. The highest BCUT2D eigenvalue weighted by atomic mass is 32.2. The van der Waals surface area contributed by atoms with E-state index in [1.54, 1.807) is 24.3 Å². The molecule has 2 aromatic carbocycles. The summed E-state index contributed by atoms with van der Waals surface area (Å²) >= 11 is 1.31. The molecule has 0 aliphatic heterocycles. The number of aromatic nitrogens is 3. The van der Waals surface area contributed by atoms with Crippen molar-refractivity contribution in [3.05, 3.63) is 54.1 Å². The molecule has 0 atom stereocenters. The van der Waals surface area contributed by atoms with Crippen molar-refractivity contribution in [2.75, 3.05) is 17.7 Å². The Labute approximate surface area is 186 Å². The molecule has 0 fully saturated rings. The summed E-state index contributed by atoms with van der Waals surface area (Å²) in [5.74, 6) is 2.04. The van der Waals surface area contributed by atoms with Crippen LogP contribution in [0.5, 0.6) is 5.75 Å². The molecule has 0 unspecified atom stereocenters. The largest absolute Gasteiger partial charge is 0.493 e. The third kappa shape index (κ3) is 6.18. The topological polar surface area (TPSA) is 86.1 Å². The van der Waals surface area contributed by atoms with E-state index in [0.717, 1.165) is 17.1 Å². The predicted octanol–water partition coefficient (Wildman–Crippen LogP) is 4.45. The van der Waals surface area contributed by atoms with Crippen LogP contribution in [0.1, 0.15) is 31.1 Å². The van der Waals surface area contributed by atoms with Gasteiger partial charge in [0, 0.05) is 23.9 Å². The van der Waals surface area contributed by atoms with Crippen molar-refractivity contribution < 1.29 is 14.3 Å². The summed E-state index contributed by atoms with van der Waals surface area (Å²) in [5.41, 5.74) is 2.18. The van der Waals surface area contributed by atoms with Gasteiger partial charge >= 0.3 is 0 Å². The Hall–Kier alpha value is -3.13. The number of Topliss-reactive ketones (excluding diaryl/α,β-unsaturated/α-hetero) is 1. The van der Waals surface area contributed by atoms with Gasteiger partial charge in [0.2, 0.25) is 5.91 Å². The lowest BCUT2D eigenvalue weighted by atomic mass is 10.1. The number of amides is 1. The van der Waals surface area contributed by atoms with Crippen LogP contribution in [0.25, 0.3) is 11.4 Å². The SMILES string of the molecule is CC(=O)c1ccc(NC(=O)CSc2nnc(-c3ccc(OCC(C)C)cc3)n2C)cc1. The third-order valence-electron chi connectivity index (χ3n) is 4.44. The van der Waals surface area contributed by atoms with Crippen LogP contribution in [0.2, 0.25) is 0 Å². The van der Waals surface area contributed by atoms with Crippen LogP contribution in [-0.2, 0) is 11.8 Å². The Balaban J connectivity index is 1.57. The van der Waals surface area contributed by atoms with Gasteiger partial charge in [0.25, 0.3) is 0 Å². The lowest BCUT2D eigenvalue weighted by Gasteiger charge is -2.09. The average Bonchev–Trinajstić information content (AvgIpc) is 3.12. The van der Waals surface area contributed by atoms with Crippen LogP contribution in [0.15, 0.2) is 53.7 Å². The summed E-state index contributed by atoms with van der Waals surface area (Å²) in [4.78, 5) is 23.6. The van der Waals surface area contributed by atoms with E-state index < -0.39 is 0 Å². The highest BCUT2D eigenvalue weighted by molar-refractivity contribution is 7.99. The number of thioether (sulfide) groups is 1. The van der Waals surface area contributed by atoms with E-state index in [0.29, 0.717) is 28.9 Å². The van der Waals surface area contributed by atoms with E-state index in [1.165, 1.54) is 18.7 Å². The zero-order valence-corrected chi connectivity index (χ0v) is 18.9. The van der Waals surface area contributed by atoms with Crippen molar-refractivity contribution in [1.29, 1.82) is 0 Å². The highest BCUT2D eigenvalue weighted by Gasteiger charge is 2.13. The number of nitrogens with one attached hydrogen (secondary N) is 1. The van der Waals surface area contributed by atoms with Gasteiger partial charge in [-0.25, -0.2) is 0 Å². The Morgan fingerprint density at radius 1 is 1.06 bits per heavy atom. The summed E-state index contributed by atoms with van der Waals surface area (Å²) in [7, 11) is 1.87. The number of ether oxygens (including phenoxy) is 1. The van der Waals surface area contributed by atoms with Gasteiger partial charge in [0.15, 0.2) is 16.8 Å². The average molecular weight is 439 g/mol. The minimum atomic E-state index is -0.156. The van der Waals surface area contributed by atoms with Gasteiger partial charge in [0.1, 0.15) is 5.75 Å². The fourth-order valence-electron chi connectivity index (χ4n) is 2.77. The molecule has 0 saturated heterocycles. The molecular formula is C23H26N4O3S. The van der Waals surface area contributed by atoms with Crippen molar-refractivity contribution in [2.45, 2.75) is 25.9 Å². The van der Waals surface area contributed by atoms with E-state index >= 15 is 0 Å². The number of ketones is 1. The Morgan fingerprint density at radius 2 is 1.74 bits per heavy atom. The molecule has 31 heavy (non-hydrogen) atoms. The normalized spacial score (nSPS) is 10.9. The first-order chi connectivity index (χ1) is 14.8. The molecule has 1 aromatic heterocycles. The maximum Gasteiger partial charge on any atom is 0.234 e. The third-order valence-corrected chi connectivity index (χ3v) is 5.46. The first kappa shape index (κ1) is 22.6. The summed E-state index contributed by atoms with van der Waals surface area (Å²) in [5, 5.41) is 11.9. The second-order valence-electron chi connectivity index (χ2n) is 7.56. The van der Waals surface area contributed by atoms with Gasteiger partial charge in [-0.1, -0.05) is 25.6 Å². The molecule has 0 saturated carbocycles. The highest BCUT2D eigenvalue weighted by Crippen LogP contribution is 2.25. The van der Waals surface area contributed by atoms with Crippen molar-refractivity contribution >= 4 is 29.1 Å². The van der Waals surface area contributed by atoms with Crippen molar-refractivity contribution in [1.82, 2.24) is 14.8 Å². The molecule has 0 aliphatic carbocycles. The maximum absolute atomic E-state index is 12.3. The van der Waals surface area contributed by atoms with Gasteiger partial charge in [-0.3, -0.25) is 9.59 Å². The van der Waals surface area contributed by atoms with Crippen LogP contribution < -0.4 is 10.1 Å². The van der Waals surface area contributed by atoms with Gasteiger partial charge in [0.05, 0.1) is 12.4 Å². The molecule has 8 heteroatoms. The Kier molecular flexibility index (Phi) is 7.46. The van der Waals surface area contributed by atoms with Crippen molar-refractivity contribution in [3.8, 4) is 17.1 Å². The van der Waals surface area contributed by atoms with E-state index in [-0.39, 0.29) is 17.4 Å². The quantitative estimate of drug-likeness (QED) is 0.392. The lowest BCUT2D eigenvalue weighted by molar-refractivity contribution is -0.113. The molecule has 1 heterocycles. The molecule has 162 valence electrons. The smallest absolute Gasteiger partial charge is 0.234 e. The minimum Gasteiger partial charge on any atom is -0.493 e. The number of benzene rings is 2.